The van der Waals surface area contributed by atoms with Gasteiger partial charge in [-0.1, -0.05) is 26.0 Å². The van der Waals surface area contributed by atoms with Crippen LogP contribution >= 0.6 is 0 Å². The number of Topliss-reactive ketones (excluding diaryl/α,β-unsaturated/α-hetero) is 1. The number of benzene rings is 2. The molecule has 2 amide bonds. The van der Waals surface area contributed by atoms with Gasteiger partial charge >= 0.3 is 6.09 Å². The van der Waals surface area contributed by atoms with Gasteiger partial charge in [0.2, 0.25) is 0 Å². The van der Waals surface area contributed by atoms with Crippen LogP contribution in [-0.4, -0.2) is 35.2 Å². The van der Waals surface area contributed by atoms with E-state index in [4.69, 9.17) is 14.7 Å². The first kappa shape index (κ1) is 24.4. The average Bonchev–Trinajstić information content (AvgIpc) is 2.76. The van der Waals surface area contributed by atoms with Gasteiger partial charge in [0, 0.05) is 22.7 Å². The molecule has 0 bridgehead atoms. The van der Waals surface area contributed by atoms with E-state index in [-0.39, 0.29) is 17.3 Å². The molecule has 0 fully saturated rings. The Morgan fingerprint density at radius 2 is 1.75 bits per heavy atom. The zero-order valence-corrected chi connectivity index (χ0v) is 18.2. The molecule has 0 heterocycles. The van der Waals surface area contributed by atoms with Gasteiger partial charge in [-0.3, -0.25) is 20.1 Å². The summed E-state index contributed by atoms with van der Waals surface area (Å²) in [5.74, 6) is -0.745. The van der Waals surface area contributed by atoms with E-state index in [1.54, 1.807) is 44.2 Å². The summed E-state index contributed by atoms with van der Waals surface area (Å²) in [5, 5.41) is 21.5. The van der Waals surface area contributed by atoms with Crippen molar-refractivity contribution in [3.05, 3.63) is 65.7 Å². The molecule has 1 atom stereocenters. The van der Waals surface area contributed by atoms with Gasteiger partial charge in [-0.25, -0.2) is 10.3 Å². The maximum atomic E-state index is 12.6. The summed E-state index contributed by atoms with van der Waals surface area (Å²) in [6.07, 6.45) is 0.866. The molecule has 0 aliphatic rings. The predicted octanol–water partition coefficient (Wildman–Crippen LogP) is 3.98. The fourth-order valence-electron chi connectivity index (χ4n) is 2.98. The zero-order valence-electron chi connectivity index (χ0n) is 18.2. The molecule has 170 valence electrons. The van der Waals surface area contributed by atoms with Gasteiger partial charge in [-0.05, 0) is 48.9 Å². The maximum absolute atomic E-state index is 12.6. The highest BCUT2D eigenvalue weighted by Crippen LogP contribution is 2.41. The number of rotatable bonds is 8. The van der Waals surface area contributed by atoms with Crippen LogP contribution in [0.3, 0.4) is 0 Å². The van der Waals surface area contributed by atoms with Crippen LogP contribution < -0.4 is 15.5 Å². The summed E-state index contributed by atoms with van der Waals surface area (Å²) in [5.41, 5.74) is 1.95. The van der Waals surface area contributed by atoms with Crippen molar-refractivity contribution in [2.24, 2.45) is 5.41 Å². The number of anilines is 1. The number of phenols is 1. The Morgan fingerprint density at radius 3 is 2.28 bits per heavy atom. The van der Waals surface area contributed by atoms with Crippen LogP contribution in [0, 0.1) is 5.41 Å². The number of hydrogen-bond acceptors (Lipinski definition) is 7. The van der Waals surface area contributed by atoms with Crippen molar-refractivity contribution in [3.63, 3.8) is 0 Å². The smallest absolute Gasteiger partial charge is 0.412 e. The molecular formula is C23H26N2O7. The van der Waals surface area contributed by atoms with Crippen molar-refractivity contribution in [2.75, 3.05) is 12.4 Å². The maximum Gasteiger partial charge on any atom is 0.412 e. The SMILES string of the molecule is COc1ccc([C@H](OC(=O)Nc2ccc(C(C)=O)cc2)C(C)(C)/C=C/C(=O)NO)cc1O. The lowest BCUT2D eigenvalue weighted by Crippen LogP contribution is -2.28. The zero-order chi connectivity index (χ0) is 23.9. The van der Waals surface area contributed by atoms with Crippen molar-refractivity contribution in [2.45, 2.75) is 26.9 Å². The molecular weight excluding hydrogens is 416 g/mol. The minimum absolute atomic E-state index is 0.0982. The molecule has 0 spiro atoms. The van der Waals surface area contributed by atoms with E-state index in [9.17, 15) is 19.5 Å². The number of ether oxygens (including phenoxy) is 2. The van der Waals surface area contributed by atoms with E-state index in [0.717, 1.165) is 6.08 Å². The third kappa shape index (κ3) is 6.32. The normalized spacial score (nSPS) is 12.2. The van der Waals surface area contributed by atoms with Crippen molar-refractivity contribution >= 4 is 23.5 Å². The van der Waals surface area contributed by atoms with Crippen molar-refractivity contribution < 1.29 is 34.2 Å². The molecule has 0 saturated carbocycles. The molecule has 0 aromatic heterocycles. The van der Waals surface area contributed by atoms with Gasteiger partial charge in [0.05, 0.1) is 7.11 Å². The first-order chi connectivity index (χ1) is 15.1. The number of carbonyl (C=O) groups is 3. The summed E-state index contributed by atoms with van der Waals surface area (Å²) in [4.78, 5) is 35.5. The minimum Gasteiger partial charge on any atom is -0.504 e. The van der Waals surface area contributed by atoms with Crippen LogP contribution in [0.5, 0.6) is 11.5 Å². The number of aromatic hydroxyl groups is 1. The second-order valence-electron chi connectivity index (χ2n) is 7.61. The standard InChI is InChI=1S/C23H26N2O7/c1-14(26)15-5-8-17(9-6-15)24-22(29)32-21(23(2,3)12-11-20(28)25-30)16-7-10-19(31-4)18(27)13-16/h5-13,21,27,30H,1-4H3,(H,24,29)(H,25,28)/b12-11+/t21-/m0/s1. The number of carbonyl (C=O) groups excluding carboxylic acids is 3. The van der Waals surface area contributed by atoms with Gasteiger partial charge in [-0.2, -0.15) is 0 Å². The lowest BCUT2D eigenvalue weighted by atomic mass is 9.82. The van der Waals surface area contributed by atoms with Crippen molar-refractivity contribution in [1.82, 2.24) is 5.48 Å². The number of ketones is 1. The molecule has 4 N–H and O–H groups in total. The molecule has 0 aliphatic heterocycles. The third-order valence-corrected chi connectivity index (χ3v) is 4.72. The van der Waals surface area contributed by atoms with Crippen molar-refractivity contribution in [3.8, 4) is 11.5 Å². The molecule has 9 nitrogen and oxygen atoms in total. The molecule has 0 unspecified atom stereocenters. The van der Waals surface area contributed by atoms with Crippen LogP contribution in [-0.2, 0) is 9.53 Å². The van der Waals surface area contributed by atoms with E-state index in [1.165, 1.54) is 37.7 Å². The monoisotopic (exact) mass is 442 g/mol. The largest absolute Gasteiger partial charge is 0.504 e. The minimum atomic E-state index is -0.932. The van der Waals surface area contributed by atoms with E-state index in [0.29, 0.717) is 16.8 Å². The average molecular weight is 442 g/mol. The second kappa shape index (κ2) is 10.5. The third-order valence-electron chi connectivity index (χ3n) is 4.72. The first-order valence-electron chi connectivity index (χ1n) is 9.66. The Morgan fingerprint density at radius 1 is 1.09 bits per heavy atom. The van der Waals surface area contributed by atoms with E-state index in [2.05, 4.69) is 5.32 Å². The highest BCUT2D eigenvalue weighted by molar-refractivity contribution is 5.95. The molecule has 2 rings (SSSR count). The van der Waals surface area contributed by atoms with Crippen LogP contribution in [0.1, 0.15) is 42.8 Å². The van der Waals surface area contributed by atoms with Gasteiger partial charge in [0.25, 0.3) is 5.91 Å². The van der Waals surface area contributed by atoms with Gasteiger partial charge < -0.3 is 14.6 Å². The van der Waals surface area contributed by atoms with Crippen LogP contribution in [0.15, 0.2) is 54.6 Å². The first-order valence-corrected chi connectivity index (χ1v) is 9.66. The van der Waals surface area contributed by atoms with Crippen molar-refractivity contribution in [1.29, 1.82) is 0 Å². The Hall–Kier alpha value is -3.85. The molecule has 0 saturated heterocycles. The Labute approximate surface area is 185 Å². The number of amides is 2. The topological polar surface area (TPSA) is 134 Å². The summed E-state index contributed by atoms with van der Waals surface area (Å²) in [6.45, 7) is 4.88. The summed E-state index contributed by atoms with van der Waals surface area (Å²) in [7, 11) is 1.41. The highest BCUT2D eigenvalue weighted by Gasteiger charge is 2.33. The molecule has 0 aliphatic carbocycles. The van der Waals surface area contributed by atoms with Crippen LogP contribution in [0.2, 0.25) is 0 Å². The van der Waals surface area contributed by atoms with E-state index >= 15 is 0 Å². The number of phenolic OH excluding ortho intramolecular Hbond substituents is 1. The second-order valence-corrected chi connectivity index (χ2v) is 7.61. The highest BCUT2D eigenvalue weighted by atomic mass is 16.6. The molecule has 0 radical (unpaired) electrons. The number of methoxy groups -OCH3 is 1. The predicted molar refractivity (Wildman–Crippen MR) is 117 cm³/mol. The summed E-state index contributed by atoms with van der Waals surface area (Å²) < 4.78 is 10.7. The number of hydrogen-bond donors (Lipinski definition) is 4. The molecule has 9 heteroatoms. The van der Waals surface area contributed by atoms with Gasteiger partial charge in [-0.15, -0.1) is 0 Å². The Kier molecular flexibility index (Phi) is 7.97. The molecule has 2 aromatic rings. The Bertz CT molecular complexity index is 1010. The van der Waals surface area contributed by atoms with Crippen LogP contribution in [0.4, 0.5) is 10.5 Å². The number of nitrogens with one attached hydrogen (secondary N) is 2. The Balaban J connectivity index is 2.32. The number of hydroxylamine groups is 1. The lowest BCUT2D eigenvalue weighted by Gasteiger charge is -2.32. The van der Waals surface area contributed by atoms with Gasteiger partial charge in [0.15, 0.2) is 17.3 Å². The van der Waals surface area contributed by atoms with E-state index in [1.807, 2.05) is 0 Å². The fourth-order valence-corrected chi connectivity index (χ4v) is 2.98. The fraction of sp³-hybridized carbons (Fsp3) is 0.261. The molecule has 2 aromatic carbocycles. The summed E-state index contributed by atoms with van der Waals surface area (Å²) >= 11 is 0. The summed E-state index contributed by atoms with van der Waals surface area (Å²) in [6, 6.07) is 10.9. The van der Waals surface area contributed by atoms with E-state index < -0.39 is 23.5 Å². The lowest BCUT2D eigenvalue weighted by molar-refractivity contribution is -0.124. The quantitative estimate of drug-likeness (QED) is 0.210. The van der Waals surface area contributed by atoms with Gasteiger partial charge in [0.1, 0.15) is 6.10 Å². The van der Waals surface area contributed by atoms with Crippen LogP contribution in [0.25, 0.3) is 0 Å². The molecule has 32 heavy (non-hydrogen) atoms.